The number of rotatable bonds is 4. The zero-order chi connectivity index (χ0) is 12.8. The molecule has 18 heavy (non-hydrogen) atoms. The summed E-state index contributed by atoms with van der Waals surface area (Å²) in [6.07, 6.45) is 9.43. The van der Waals surface area contributed by atoms with Gasteiger partial charge < -0.3 is 4.74 Å². The van der Waals surface area contributed by atoms with Gasteiger partial charge in [0.15, 0.2) is 0 Å². The highest BCUT2D eigenvalue weighted by molar-refractivity contribution is 5.71. The Morgan fingerprint density at radius 1 is 1.39 bits per heavy atom. The summed E-state index contributed by atoms with van der Waals surface area (Å²) in [5.74, 6) is 0.502. The molecular formula is C15H25NO2. The molecule has 0 aromatic carbocycles. The second kappa shape index (κ2) is 6.93. The number of esters is 1. The number of piperidine rings is 1. The van der Waals surface area contributed by atoms with Gasteiger partial charge in [0.05, 0.1) is 13.2 Å². The van der Waals surface area contributed by atoms with Gasteiger partial charge in [-0.2, -0.15) is 0 Å². The molecular weight excluding hydrogens is 226 g/mol. The molecule has 1 heterocycles. The average Bonchev–Trinajstić information content (AvgIpc) is 2.39. The van der Waals surface area contributed by atoms with Crippen LogP contribution in [0.4, 0.5) is 0 Å². The minimum atomic E-state index is -0.0387. The summed E-state index contributed by atoms with van der Waals surface area (Å²) in [5.41, 5.74) is 1.48. The van der Waals surface area contributed by atoms with Crippen LogP contribution < -0.4 is 0 Å². The molecule has 0 N–H and O–H groups in total. The first-order valence-corrected chi connectivity index (χ1v) is 7.27. The fraction of sp³-hybridized carbons (Fsp3) is 0.800. The second-order valence-electron chi connectivity index (χ2n) is 5.71. The molecule has 1 atom stereocenters. The molecule has 0 radical (unpaired) electrons. The first kappa shape index (κ1) is 13.6. The number of carbonyl (C=O) groups is 1. The van der Waals surface area contributed by atoms with Crippen LogP contribution in [0.2, 0.25) is 0 Å². The number of carbonyl (C=O) groups excluding carboxylic acids is 1. The Morgan fingerprint density at radius 3 is 2.83 bits per heavy atom. The number of hydrogen-bond donors (Lipinski definition) is 0. The first-order chi connectivity index (χ1) is 8.74. The Balaban J connectivity index is 1.62. The Hall–Kier alpha value is -0.830. The van der Waals surface area contributed by atoms with Crippen molar-refractivity contribution < 1.29 is 9.53 Å². The van der Waals surface area contributed by atoms with Gasteiger partial charge in [0.2, 0.25) is 0 Å². The van der Waals surface area contributed by atoms with Crippen LogP contribution in [0.25, 0.3) is 0 Å². The molecule has 2 rings (SSSR count). The predicted octanol–water partition coefficient (Wildman–Crippen LogP) is 2.76. The third kappa shape index (κ3) is 4.45. The van der Waals surface area contributed by atoms with Crippen LogP contribution in [-0.2, 0) is 9.53 Å². The van der Waals surface area contributed by atoms with Gasteiger partial charge in [-0.05, 0) is 58.0 Å². The average molecular weight is 251 g/mol. The van der Waals surface area contributed by atoms with Crippen molar-refractivity contribution in [3.63, 3.8) is 0 Å². The van der Waals surface area contributed by atoms with Gasteiger partial charge >= 0.3 is 5.97 Å². The number of likely N-dealkylation sites (tertiary alicyclic amines) is 1. The largest absolute Gasteiger partial charge is 0.464 e. The predicted molar refractivity (Wildman–Crippen MR) is 72.3 cm³/mol. The summed E-state index contributed by atoms with van der Waals surface area (Å²) in [7, 11) is 0. The molecule has 1 aliphatic carbocycles. The maximum atomic E-state index is 11.7. The van der Waals surface area contributed by atoms with E-state index in [1.807, 2.05) is 0 Å². The van der Waals surface area contributed by atoms with Gasteiger partial charge in [-0.15, -0.1) is 0 Å². The van der Waals surface area contributed by atoms with Crippen LogP contribution in [-0.4, -0.2) is 37.1 Å². The van der Waals surface area contributed by atoms with E-state index in [9.17, 15) is 4.79 Å². The van der Waals surface area contributed by atoms with Crippen molar-refractivity contribution in [1.82, 2.24) is 4.90 Å². The molecule has 1 fully saturated rings. The lowest BCUT2D eigenvalue weighted by Crippen LogP contribution is -2.35. The fourth-order valence-corrected chi connectivity index (χ4v) is 2.73. The third-order valence-electron chi connectivity index (χ3n) is 4.03. The Bertz CT molecular complexity index is 306. The van der Waals surface area contributed by atoms with Crippen LogP contribution in [0.3, 0.4) is 0 Å². The molecule has 1 unspecified atom stereocenters. The Kier molecular flexibility index (Phi) is 5.24. The standard InChI is InChI=1S/C15H25NO2/c1-13-5-7-14(8-6-13)12-18-15(17)11-16-9-3-2-4-10-16/h5,14H,2-4,6-12H2,1H3. The lowest BCUT2D eigenvalue weighted by molar-refractivity contribution is -0.146. The van der Waals surface area contributed by atoms with E-state index in [0.717, 1.165) is 25.9 Å². The van der Waals surface area contributed by atoms with E-state index in [0.29, 0.717) is 19.1 Å². The summed E-state index contributed by atoms with van der Waals surface area (Å²) in [4.78, 5) is 14.0. The quantitative estimate of drug-likeness (QED) is 0.568. The maximum absolute atomic E-state index is 11.7. The van der Waals surface area contributed by atoms with Crippen LogP contribution in [0.5, 0.6) is 0 Å². The number of ether oxygens (including phenoxy) is 1. The molecule has 2 aliphatic rings. The van der Waals surface area contributed by atoms with E-state index < -0.39 is 0 Å². The molecule has 0 amide bonds. The summed E-state index contributed by atoms with van der Waals surface area (Å²) in [5, 5.41) is 0. The Morgan fingerprint density at radius 2 is 2.17 bits per heavy atom. The minimum Gasteiger partial charge on any atom is -0.464 e. The van der Waals surface area contributed by atoms with E-state index in [4.69, 9.17) is 4.74 Å². The molecule has 0 saturated carbocycles. The topological polar surface area (TPSA) is 29.5 Å². The lowest BCUT2D eigenvalue weighted by atomic mass is 9.91. The molecule has 0 aromatic rings. The molecule has 0 bridgehead atoms. The van der Waals surface area contributed by atoms with Gasteiger partial charge in [-0.1, -0.05) is 18.1 Å². The molecule has 0 aromatic heterocycles. The summed E-state index contributed by atoms with van der Waals surface area (Å²) >= 11 is 0. The van der Waals surface area contributed by atoms with E-state index in [1.54, 1.807) is 0 Å². The number of hydrogen-bond acceptors (Lipinski definition) is 3. The van der Waals surface area contributed by atoms with Crippen LogP contribution in [0.1, 0.15) is 45.4 Å². The van der Waals surface area contributed by atoms with Crippen molar-refractivity contribution in [1.29, 1.82) is 0 Å². The van der Waals surface area contributed by atoms with Gasteiger partial charge in [0, 0.05) is 0 Å². The van der Waals surface area contributed by atoms with Gasteiger partial charge in [-0.3, -0.25) is 9.69 Å². The van der Waals surface area contributed by atoms with Gasteiger partial charge in [0.1, 0.15) is 0 Å². The Labute approximate surface area is 110 Å². The van der Waals surface area contributed by atoms with Crippen molar-refractivity contribution in [2.75, 3.05) is 26.2 Å². The smallest absolute Gasteiger partial charge is 0.320 e. The first-order valence-electron chi connectivity index (χ1n) is 7.27. The molecule has 1 aliphatic heterocycles. The van der Waals surface area contributed by atoms with Crippen molar-refractivity contribution >= 4 is 5.97 Å². The zero-order valence-electron chi connectivity index (χ0n) is 11.5. The van der Waals surface area contributed by atoms with Crippen molar-refractivity contribution in [2.24, 2.45) is 5.92 Å². The van der Waals surface area contributed by atoms with Crippen LogP contribution in [0.15, 0.2) is 11.6 Å². The third-order valence-corrected chi connectivity index (χ3v) is 4.03. The van der Waals surface area contributed by atoms with E-state index in [2.05, 4.69) is 17.9 Å². The number of nitrogens with zero attached hydrogens (tertiary/aromatic N) is 1. The van der Waals surface area contributed by atoms with Crippen LogP contribution >= 0.6 is 0 Å². The molecule has 102 valence electrons. The van der Waals surface area contributed by atoms with Crippen molar-refractivity contribution in [3.8, 4) is 0 Å². The minimum absolute atomic E-state index is 0.0387. The number of allylic oxidation sites excluding steroid dienone is 2. The van der Waals surface area contributed by atoms with E-state index in [-0.39, 0.29) is 5.97 Å². The van der Waals surface area contributed by atoms with Gasteiger partial charge in [-0.25, -0.2) is 0 Å². The van der Waals surface area contributed by atoms with E-state index >= 15 is 0 Å². The van der Waals surface area contributed by atoms with Gasteiger partial charge in [0.25, 0.3) is 0 Å². The van der Waals surface area contributed by atoms with Crippen molar-refractivity contribution in [2.45, 2.75) is 45.4 Å². The highest BCUT2D eigenvalue weighted by atomic mass is 16.5. The summed E-state index contributed by atoms with van der Waals surface area (Å²) < 4.78 is 5.41. The molecule has 0 spiro atoms. The lowest BCUT2D eigenvalue weighted by Gasteiger charge is -2.26. The summed E-state index contributed by atoms with van der Waals surface area (Å²) in [6, 6.07) is 0. The molecule has 3 heteroatoms. The normalized spacial score (nSPS) is 25.6. The zero-order valence-corrected chi connectivity index (χ0v) is 11.5. The van der Waals surface area contributed by atoms with Crippen LogP contribution in [0, 0.1) is 5.92 Å². The highest BCUT2D eigenvalue weighted by Crippen LogP contribution is 2.23. The monoisotopic (exact) mass is 251 g/mol. The SMILES string of the molecule is CC1=CCC(COC(=O)CN2CCCCC2)CC1. The highest BCUT2D eigenvalue weighted by Gasteiger charge is 2.17. The summed E-state index contributed by atoms with van der Waals surface area (Å²) in [6.45, 7) is 5.39. The van der Waals surface area contributed by atoms with Crippen molar-refractivity contribution in [3.05, 3.63) is 11.6 Å². The second-order valence-corrected chi connectivity index (χ2v) is 5.71. The molecule has 3 nitrogen and oxygen atoms in total. The molecule has 1 saturated heterocycles. The maximum Gasteiger partial charge on any atom is 0.320 e. The van der Waals surface area contributed by atoms with E-state index in [1.165, 1.54) is 31.3 Å². The fourth-order valence-electron chi connectivity index (χ4n) is 2.73.